The highest BCUT2D eigenvalue weighted by molar-refractivity contribution is 14.1. The number of aromatic nitrogens is 2. The molecule has 0 fully saturated rings. The summed E-state index contributed by atoms with van der Waals surface area (Å²) in [6.45, 7) is 3.73. The van der Waals surface area contributed by atoms with Crippen molar-refractivity contribution < 1.29 is 9.13 Å². The first-order valence-corrected chi connectivity index (χ1v) is 5.65. The molecule has 1 aromatic carbocycles. The second-order valence-corrected chi connectivity index (χ2v) is 4.53. The second-order valence-electron chi connectivity index (χ2n) is 3.51. The molecule has 80 valence electrons. The third-order valence-electron chi connectivity index (χ3n) is 1.93. The van der Waals surface area contributed by atoms with Gasteiger partial charge in [-0.3, -0.25) is 5.10 Å². The van der Waals surface area contributed by atoms with Gasteiger partial charge in [-0.2, -0.15) is 5.10 Å². The Balaban J connectivity index is 2.54. The highest BCUT2D eigenvalue weighted by Crippen LogP contribution is 2.27. The molecule has 5 heteroatoms. The molecule has 1 heterocycles. The van der Waals surface area contributed by atoms with E-state index < -0.39 is 0 Å². The first-order chi connectivity index (χ1) is 7.08. The van der Waals surface area contributed by atoms with E-state index in [9.17, 15) is 4.39 Å². The van der Waals surface area contributed by atoms with E-state index in [-0.39, 0.29) is 17.7 Å². The van der Waals surface area contributed by atoms with Crippen molar-refractivity contribution in [2.45, 2.75) is 20.0 Å². The lowest BCUT2D eigenvalue weighted by Gasteiger charge is -2.10. The molecule has 1 aromatic heterocycles. The number of nitrogens with one attached hydrogen (secondary N) is 1. The Hall–Kier alpha value is -0.850. The lowest BCUT2D eigenvalue weighted by atomic mass is 10.2. The number of halogens is 2. The Bertz CT molecular complexity index is 495. The zero-order valence-electron chi connectivity index (χ0n) is 8.34. The highest BCUT2D eigenvalue weighted by Gasteiger charge is 2.11. The van der Waals surface area contributed by atoms with Crippen molar-refractivity contribution in [2.24, 2.45) is 0 Å². The lowest BCUT2D eigenvalue weighted by molar-refractivity contribution is 0.231. The molecule has 15 heavy (non-hydrogen) atoms. The smallest absolute Gasteiger partial charge is 0.167 e. The monoisotopic (exact) mass is 320 g/mol. The number of aromatic amines is 1. The maximum Gasteiger partial charge on any atom is 0.167 e. The van der Waals surface area contributed by atoms with Gasteiger partial charge in [-0.05, 0) is 42.5 Å². The van der Waals surface area contributed by atoms with E-state index in [1.807, 2.05) is 13.8 Å². The summed E-state index contributed by atoms with van der Waals surface area (Å²) in [6.07, 6.45) is -0.0403. The van der Waals surface area contributed by atoms with Crippen LogP contribution >= 0.6 is 22.6 Å². The number of hydrogen-bond donors (Lipinski definition) is 1. The van der Waals surface area contributed by atoms with Crippen molar-refractivity contribution in [1.82, 2.24) is 10.2 Å². The van der Waals surface area contributed by atoms with E-state index in [1.54, 1.807) is 6.07 Å². The summed E-state index contributed by atoms with van der Waals surface area (Å²) in [5, 5.41) is 7.63. The van der Waals surface area contributed by atoms with Crippen molar-refractivity contribution in [3.05, 3.63) is 21.7 Å². The first kappa shape index (κ1) is 10.7. The summed E-state index contributed by atoms with van der Waals surface area (Å²) in [5.41, 5.74) is 0.688. The average molecular weight is 320 g/mol. The molecule has 0 saturated carbocycles. The van der Waals surface area contributed by atoms with Gasteiger partial charge < -0.3 is 4.74 Å². The predicted octanol–water partition coefficient (Wildman–Crippen LogP) is 3.09. The summed E-state index contributed by atoms with van der Waals surface area (Å²) >= 11 is 2.10. The van der Waals surface area contributed by atoms with Gasteiger partial charge in [0.15, 0.2) is 11.6 Å². The molecule has 0 aliphatic rings. The van der Waals surface area contributed by atoms with Crippen LogP contribution in [0, 0.1) is 9.52 Å². The summed E-state index contributed by atoms with van der Waals surface area (Å²) in [5.74, 6) is -0.0898. The van der Waals surface area contributed by atoms with Crippen LogP contribution in [0.3, 0.4) is 0 Å². The second kappa shape index (κ2) is 3.96. The third-order valence-corrected chi connectivity index (χ3v) is 2.75. The summed E-state index contributed by atoms with van der Waals surface area (Å²) < 4.78 is 19.7. The molecule has 0 atom stereocenters. The molecule has 0 aliphatic heterocycles. The van der Waals surface area contributed by atoms with Gasteiger partial charge in [0.25, 0.3) is 0 Å². The van der Waals surface area contributed by atoms with E-state index in [2.05, 4.69) is 32.8 Å². The Labute approximate surface area is 100 Å². The molecular weight excluding hydrogens is 310 g/mol. The number of rotatable bonds is 2. The topological polar surface area (TPSA) is 37.9 Å². The number of hydrogen-bond acceptors (Lipinski definition) is 2. The molecule has 0 radical (unpaired) electrons. The summed E-state index contributed by atoms with van der Waals surface area (Å²) in [7, 11) is 0. The van der Waals surface area contributed by atoms with Crippen LogP contribution in [0.5, 0.6) is 5.75 Å². The van der Waals surface area contributed by atoms with Gasteiger partial charge in [0, 0.05) is 11.5 Å². The fraction of sp³-hybridized carbons (Fsp3) is 0.300. The Morgan fingerprint density at radius 3 is 2.87 bits per heavy atom. The molecule has 0 bridgehead atoms. The molecular formula is C10H10FIN2O. The van der Waals surface area contributed by atoms with E-state index in [1.165, 1.54) is 6.07 Å². The van der Waals surface area contributed by atoms with Crippen molar-refractivity contribution in [3.63, 3.8) is 0 Å². The minimum Gasteiger partial charge on any atom is -0.488 e. The molecule has 0 saturated heterocycles. The molecule has 2 aromatic rings. The predicted molar refractivity (Wildman–Crippen MR) is 64.5 cm³/mol. The normalized spacial score (nSPS) is 11.3. The van der Waals surface area contributed by atoms with Crippen LogP contribution in [-0.4, -0.2) is 16.3 Å². The molecule has 0 unspecified atom stereocenters. The van der Waals surface area contributed by atoms with Gasteiger partial charge >= 0.3 is 0 Å². The molecule has 0 amide bonds. The van der Waals surface area contributed by atoms with Crippen molar-refractivity contribution >= 4 is 33.5 Å². The van der Waals surface area contributed by atoms with Gasteiger partial charge in [-0.15, -0.1) is 0 Å². The molecule has 3 nitrogen and oxygen atoms in total. The van der Waals surface area contributed by atoms with Crippen LogP contribution < -0.4 is 4.74 Å². The number of fused-ring (bicyclic) bond motifs is 1. The first-order valence-electron chi connectivity index (χ1n) is 4.57. The van der Waals surface area contributed by atoms with Crippen molar-refractivity contribution in [2.75, 3.05) is 0 Å². The van der Waals surface area contributed by atoms with Gasteiger partial charge in [-0.1, -0.05) is 0 Å². The summed E-state index contributed by atoms with van der Waals surface area (Å²) in [4.78, 5) is 0. The zero-order valence-corrected chi connectivity index (χ0v) is 10.5. The van der Waals surface area contributed by atoms with Gasteiger partial charge in [0.05, 0.1) is 11.6 Å². The van der Waals surface area contributed by atoms with E-state index >= 15 is 0 Å². The fourth-order valence-corrected chi connectivity index (χ4v) is 1.90. The van der Waals surface area contributed by atoms with Crippen LogP contribution in [0.15, 0.2) is 12.1 Å². The molecule has 0 spiro atoms. The summed E-state index contributed by atoms with van der Waals surface area (Å²) in [6, 6.07) is 3.08. The van der Waals surface area contributed by atoms with Crippen molar-refractivity contribution in [3.8, 4) is 5.75 Å². The average Bonchev–Trinajstić information content (AvgIpc) is 2.48. The van der Waals surface area contributed by atoms with Gasteiger partial charge in [-0.25, -0.2) is 4.39 Å². The van der Waals surface area contributed by atoms with Crippen LogP contribution in [0.25, 0.3) is 10.9 Å². The molecule has 1 N–H and O–H groups in total. The van der Waals surface area contributed by atoms with Crippen LogP contribution in [0.4, 0.5) is 4.39 Å². The quantitative estimate of drug-likeness (QED) is 0.864. The Morgan fingerprint density at radius 2 is 2.20 bits per heavy atom. The van der Waals surface area contributed by atoms with Crippen LogP contribution in [-0.2, 0) is 0 Å². The van der Waals surface area contributed by atoms with E-state index in [0.717, 1.165) is 9.09 Å². The van der Waals surface area contributed by atoms with E-state index in [4.69, 9.17) is 4.74 Å². The van der Waals surface area contributed by atoms with E-state index in [0.29, 0.717) is 5.52 Å². The van der Waals surface area contributed by atoms with Crippen LogP contribution in [0.1, 0.15) is 13.8 Å². The fourth-order valence-electron chi connectivity index (χ4n) is 1.33. The van der Waals surface area contributed by atoms with Crippen molar-refractivity contribution in [1.29, 1.82) is 0 Å². The SMILES string of the molecule is CC(C)Oc1cc2c(I)n[nH]c2cc1F. The number of nitrogens with zero attached hydrogens (tertiary/aromatic N) is 1. The number of H-pyrrole nitrogens is 1. The van der Waals surface area contributed by atoms with Crippen LogP contribution in [0.2, 0.25) is 0 Å². The minimum absolute atomic E-state index is 0.0403. The standard InChI is InChI=1S/C10H10FIN2O/c1-5(2)15-9-3-6-8(4-7(9)11)13-14-10(6)12/h3-5H,1-2H3,(H,13,14). The number of ether oxygens (including phenoxy) is 1. The molecule has 0 aliphatic carbocycles. The molecule has 2 rings (SSSR count). The maximum absolute atomic E-state index is 13.5. The third kappa shape index (κ3) is 2.06. The van der Waals surface area contributed by atoms with Gasteiger partial charge in [0.2, 0.25) is 0 Å². The number of benzene rings is 1. The lowest BCUT2D eigenvalue weighted by Crippen LogP contribution is -2.06. The Morgan fingerprint density at radius 1 is 1.47 bits per heavy atom. The minimum atomic E-state index is -0.365. The Kier molecular flexibility index (Phi) is 2.81. The highest BCUT2D eigenvalue weighted by atomic mass is 127. The van der Waals surface area contributed by atoms with Gasteiger partial charge in [0.1, 0.15) is 3.70 Å². The maximum atomic E-state index is 13.5. The zero-order chi connectivity index (χ0) is 11.0. The largest absolute Gasteiger partial charge is 0.488 e.